The van der Waals surface area contributed by atoms with Crippen LogP contribution in [0.3, 0.4) is 0 Å². The summed E-state index contributed by atoms with van der Waals surface area (Å²) in [5, 5.41) is 3.37. The molecule has 0 aliphatic heterocycles. The molecule has 1 nitrogen and oxygen atoms in total. The molecule has 0 bridgehead atoms. The Bertz CT molecular complexity index is 196. The van der Waals surface area contributed by atoms with Crippen LogP contribution in [-0.2, 0) is 0 Å². The van der Waals surface area contributed by atoms with Crippen LogP contribution in [-0.4, -0.2) is 5.54 Å². The van der Waals surface area contributed by atoms with E-state index in [9.17, 15) is 0 Å². The molecular formula is C12H23N. The normalized spacial score (nSPS) is 13.6. The van der Waals surface area contributed by atoms with Gasteiger partial charge in [-0.05, 0) is 40.0 Å². The second kappa shape index (κ2) is 4.50. The summed E-state index contributed by atoms with van der Waals surface area (Å²) < 4.78 is 0. The highest BCUT2D eigenvalue weighted by Gasteiger charge is 2.11. The summed E-state index contributed by atoms with van der Waals surface area (Å²) in [5.74, 6) is 0.516. The van der Waals surface area contributed by atoms with Crippen LogP contribution in [0.1, 0.15) is 41.0 Å². The summed E-state index contributed by atoms with van der Waals surface area (Å²) in [5.41, 5.74) is 2.44. The Morgan fingerprint density at radius 1 is 1.31 bits per heavy atom. The van der Waals surface area contributed by atoms with E-state index >= 15 is 0 Å². The summed E-state index contributed by atoms with van der Waals surface area (Å²) in [7, 11) is 0. The van der Waals surface area contributed by atoms with Crippen LogP contribution < -0.4 is 5.32 Å². The third-order valence-electron chi connectivity index (χ3n) is 1.95. The van der Waals surface area contributed by atoms with Gasteiger partial charge < -0.3 is 5.32 Å². The molecule has 0 aromatic carbocycles. The van der Waals surface area contributed by atoms with Crippen molar-refractivity contribution in [3.63, 3.8) is 0 Å². The molecule has 13 heavy (non-hydrogen) atoms. The maximum absolute atomic E-state index is 4.01. The average molecular weight is 181 g/mol. The molecule has 1 atom stereocenters. The first-order valence-electron chi connectivity index (χ1n) is 4.83. The second-order valence-corrected chi connectivity index (χ2v) is 4.93. The van der Waals surface area contributed by atoms with Gasteiger partial charge in [-0.25, -0.2) is 0 Å². The zero-order chi connectivity index (χ0) is 10.6. The molecule has 0 rings (SSSR count). The van der Waals surface area contributed by atoms with Gasteiger partial charge in [0.2, 0.25) is 0 Å². The largest absolute Gasteiger partial charge is 0.384 e. The van der Waals surface area contributed by atoms with Crippen LogP contribution in [0.15, 0.2) is 24.4 Å². The number of nitrogens with one attached hydrogen (secondary N) is 1. The lowest BCUT2D eigenvalue weighted by molar-refractivity contribution is 0.453. The van der Waals surface area contributed by atoms with E-state index in [2.05, 4.69) is 53.1 Å². The third-order valence-corrected chi connectivity index (χ3v) is 1.95. The highest BCUT2D eigenvalue weighted by atomic mass is 15.0. The quantitative estimate of drug-likeness (QED) is 0.655. The van der Waals surface area contributed by atoms with Crippen molar-refractivity contribution in [2.24, 2.45) is 5.92 Å². The first-order chi connectivity index (χ1) is 5.72. The standard InChI is InChI=1S/C12H23N/c1-9(2)10(3)8-11(4)13-12(5,6)7/h10,13H,1,4,8H2,2-3,5-7H3. The maximum atomic E-state index is 4.01. The Hall–Kier alpha value is -0.720. The van der Waals surface area contributed by atoms with E-state index in [0.717, 1.165) is 12.1 Å². The molecule has 0 radical (unpaired) electrons. The van der Waals surface area contributed by atoms with Gasteiger partial charge in [-0.2, -0.15) is 0 Å². The molecule has 0 aromatic rings. The summed E-state index contributed by atoms with van der Waals surface area (Å²) in [4.78, 5) is 0. The molecular weight excluding hydrogens is 158 g/mol. The van der Waals surface area contributed by atoms with Crippen LogP contribution in [0.5, 0.6) is 0 Å². The summed E-state index contributed by atoms with van der Waals surface area (Å²) >= 11 is 0. The fourth-order valence-electron chi connectivity index (χ4n) is 1.13. The van der Waals surface area contributed by atoms with Gasteiger partial charge >= 0.3 is 0 Å². The van der Waals surface area contributed by atoms with Gasteiger partial charge in [0, 0.05) is 11.2 Å². The molecule has 1 unspecified atom stereocenters. The first-order valence-corrected chi connectivity index (χ1v) is 4.83. The Labute approximate surface area is 82.9 Å². The zero-order valence-electron chi connectivity index (χ0n) is 9.70. The van der Waals surface area contributed by atoms with Crippen LogP contribution in [0.4, 0.5) is 0 Å². The highest BCUT2D eigenvalue weighted by Crippen LogP contribution is 2.16. The van der Waals surface area contributed by atoms with Crippen molar-refractivity contribution in [2.45, 2.75) is 46.6 Å². The summed E-state index contributed by atoms with van der Waals surface area (Å²) in [6.07, 6.45) is 0.979. The molecule has 76 valence electrons. The van der Waals surface area contributed by atoms with Crippen LogP contribution in [0.25, 0.3) is 0 Å². The van der Waals surface area contributed by atoms with Gasteiger partial charge in [0.1, 0.15) is 0 Å². The lowest BCUT2D eigenvalue weighted by Gasteiger charge is -2.25. The minimum atomic E-state index is 0.117. The van der Waals surface area contributed by atoms with Gasteiger partial charge in [-0.15, -0.1) is 0 Å². The highest BCUT2D eigenvalue weighted by molar-refractivity contribution is 5.04. The number of hydrogen-bond acceptors (Lipinski definition) is 1. The molecule has 0 fully saturated rings. The molecule has 0 saturated carbocycles. The Morgan fingerprint density at radius 2 is 1.77 bits per heavy atom. The molecule has 0 aliphatic carbocycles. The van der Waals surface area contributed by atoms with Gasteiger partial charge in [-0.1, -0.05) is 25.7 Å². The van der Waals surface area contributed by atoms with Crippen molar-refractivity contribution in [1.29, 1.82) is 0 Å². The van der Waals surface area contributed by atoms with E-state index < -0.39 is 0 Å². The van der Waals surface area contributed by atoms with Gasteiger partial charge in [-0.3, -0.25) is 0 Å². The number of allylic oxidation sites excluding steroid dienone is 2. The molecule has 0 aromatic heterocycles. The minimum absolute atomic E-state index is 0.117. The molecule has 0 aliphatic rings. The SMILES string of the molecule is C=C(CC(C)C(=C)C)NC(C)(C)C. The van der Waals surface area contributed by atoms with E-state index in [1.165, 1.54) is 5.57 Å². The monoisotopic (exact) mass is 181 g/mol. The third kappa shape index (κ3) is 6.44. The topological polar surface area (TPSA) is 12.0 Å². The Balaban J connectivity index is 3.96. The predicted octanol–water partition coefficient (Wildman–Crippen LogP) is 3.49. The van der Waals surface area contributed by atoms with E-state index in [4.69, 9.17) is 0 Å². The lowest BCUT2D eigenvalue weighted by Crippen LogP contribution is -2.35. The van der Waals surface area contributed by atoms with Crippen molar-refractivity contribution in [3.8, 4) is 0 Å². The lowest BCUT2D eigenvalue weighted by atomic mass is 9.98. The van der Waals surface area contributed by atoms with E-state index in [-0.39, 0.29) is 5.54 Å². The molecule has 0 saturated heterocycles. The molecule has 1 heteroatoms. The summed E-state index contributed by atoms with van der Waals surface area (Å²) in [6.45, 7) is 18.6. The fraction of sp³-hybridized carbons (Fsp3) is 0.667. The molecule has 0 heterocycles. The first kappa shape index (κ1) is 12.3. The molecule has 0 spiro atoms. The Kier molecular flexibility index (Phi) is 4.25. The number of hydrogen-bond donors (Lipinski definition) is 1. The zero-order valence-corrected chi connectivity index (χ0v) is 9.70. The van der Waals surface area contributed by atoms with Crippen LogP contribution >= 0.6 is 0 Å². The van der Waals surface area contributed by atoms with E-state index in [1.807, 2.05) is 0 Å². The van der Waals surface area contributed by atoms with Crippen LogP contribution in [0.2, 0.25) is 0 Å². The van der Waals surface area contributed by atoms with Crippen molar-refractivity contribution in [3.05, 3.63) is 24.4 Å². The van der Waals surface area contributed by atoms with Gasteiger partial charge in [0.25, 0.3) is 0 Å². The summed E-state index contributed by atoms with van der Waals surface area (Å²) in [6, 6.07) is 0. The van der Waals surface area contributed by atoms with E-state index in [0.29, 0.717) is 5.92 Å². The van der Waals surface area contributed by atoms with E-state index in [1.54, 1.807) is 0 Å². The van der Waals surface area contributed by atoms with Crippen molar-refractivity contribution in [2.75, 3.05) is 0 Å². The van der Waals surface area contributed by atoms with Crippen LogP contribution in [0, 0.1) is 5.92 Å². The fourth-order valence-corrected chi connectivity index (χ4v) is 1.13. The molecule has 1 N–H and O–H groups in total. The maximum Gasteiger partial charge on any atom is 0.0286 e. The average Bonchev–Trinajstić information content (AvgIpc) is 1.81. The number of rotatable bonds is 4. The predicted molar refractivity (Wildman–Crippen MR) is 60.6 cm³/mol. The van der Waals surface area contributed by atoms with Gasteiger partial charge in [0.05, 0.1) is 0 Å². The van der Waals surface area contributed by atoms with Crippen molar-refractivity contribution in [1.82, 2.24) is 5.32 Å². The minimum Gasteiger partial charge on any atom is -0.384 e. The second-order valence-electron chi connectivity index (χ2n) is 4.93. The van der Waals surface area contributed by atoms with Crippen molar-refractivity contribution < 1.29 is 0 Å². The Morgan fingerprint density at radius 3 is 2.08 bits per heavy atom. The van der Waals surface area contributed by atoms with Crippen molar-refractivity contribution >= 4 is 0 Å². The molecule has 0 amide bonds. The smallest absolute Gasteiger partial charge is 0.0286 e. The van der Waals surface area contributed by atoms with Gasteiger partial charge in [0.15, 0.2) is 0 Å².